The molecule has 6 heteroatoms. The zero-order valence-electron chi connectivity index (χ0n) is 10.7. The van der Waals surface area contributed by atoms with Crippen LogP contribution in [-0.2, 0) is 14.3 Å². The number of ether oxygens (including phenoxy) is 1. The minimum Gasteiger partial charge on any atom is -0.380 e. The molecular weight excluding hydrogens is 236 g/mol. The molecule has 0 aromatic rings. The van der Waals surface area contributed by atoms with Crippen molar-refractivity contribution in [3.8, 4) is 0 Å². The average Bonchev–Trinajstić information content (AvgIpc) is 2.83. The number of nitrogens with zero attached hydrogens (tertiary/aromatic N) is 1. The van der Waals surface area contributed by atoms with Crippen molar-refractivity contribution in [2.24, 2.45) is 5.41 Å². The summed E-state index contributed by atoms with van der Waals surface area (Å²) in [7, 11) is 1.52. The van der Waals surface area contributed by atoms with Gasteiger partial charge in [0.25, 0.3) is 0 Å². The molecular formula is C12H18N2O4. The van der Waals surface area contributed by atoms with E-state index >= 15 is 0 Å². The highest BCUT2D eigenvalue weighted by atomic mass is 16.5. The van der Waals surface area contributed by atoms with Gasteiger partial charge in [-0.05, 0) is 19.8 Å². The van der Waals surface area contributed by atoms with E-state index in [2.05, 4.69) is 5.32 Å². The highest BCUT2D eigenvalue weighted by molar-refractivity contribution is 6.19. The minimum absolute atomic E-state index is 0.177. The highest BCUT2D eigenvalue weighted by Gasteiger charge is 2.54. The monoisotopic (exact) mass is 254 g/mol. The molecule has 1 saturated carbocycles. The number of hydrogen-bond acceptors (Lipinski definition) is 4. The van der Waals surface area contributed by atoms with Crippen molar-refractivity contribution >= 4 is 17.8 Å². The molecule has 2 fully saturated rings. The maximum absolute atomic E-state index is 12.4. The van der Waals surface area contributed by atoms with E-state index in [9.17, 15) is 14.4 Å². The second-order valence-electron chi connectivity index (χ2n) is 5.01. The molecule has 100 valence electrons. The third kappa shape index (κ3) is 1.90. The fourth-order valence-corrected chi connectivity index (χ4v) is 2.65. The van der Waals surface area contributed by atoms with Crippen LogP contribution in [0.2, 0.25) is 0 Å². The molecule has 2 aliphatic rings. The van der Waals surface area contributed by atoms with Crippen LogP contribution in [0.3, 0.4) is 0 Å². The van der Waals surface area contributed by atoms with Crippen molar-refractivity contribution in [2.75, 3.05) is 13.7 Å². The van der Waals surface area contributed by atoms with Crippen molar-refractivity contribution in [2.45, 2.75) is 38.7 Å². The summed E-state index contributed by atoms with van der Waals surface area (Å²) in [6, 6.07) is -0.633. The first-order chi connectivity index (χ1) is 8.51. The van der Waals surface area contributed by atoms with Gasteiger partial charge in [-0.1, -0.05) is 12.8 Å². The Morgan fingerprint density at radius 2 is 1.94 bits per heavy atom. The maximum atomic E-state index is 12.4. The van der Waals surface area contributed by atoms with Gasteiger partial charge in [0.15, 0.2) is 0 Å². The van der Waals surface area contributed by atoms with Crippen LogP contribution in [0.4, 0.5) is 4.79 Å². The predicted octanol–water partition coefficient (Wildman–Crippen LogP) is 0.660. The van der Waals surface area contributed by atoms with Gasteiger partial charge in [0.2, 0.25) is 11.8 Å². The molecule has 1 heterocycles. The maximum Gasteiger partial charge on any atom is 0.330 e. The topological polar surface area (TPSA) is 75.7 Å². The molecule has 0 bridgehead atoms. The quantitative estimate of drug-likeness (QED) is 0.751. The zero-order valence-corrected chi connectivity index (χ0v) is 10.7. The predicted molar refractivity (Wildman–Crippen MR) is 62.6 cm³/mol. The molecule has 1 unspecified atom stereocenters. The van der Waals surface area contributed by atoms with E-state index in [1.807, 2.05) is 0 Å². The number of amides is 4. The Hall–Kier alpha value is -1.43. The van der Waals surface area contributed by atoms with E-state index in [1.54, 1.807) is 6.92 Å². The number of hydrogen-bond donors (Lipinski definition) is 1. The van der Waals surface area contributed by atoms with Gasteiger partial charge in [-0.2, -0.15) is 0 Å². The summed E-state index contributed by atoms with van der Waals surface area (Å²) >= 11 is 0. The van der Waals surface area contributed by atoms with Gasteiger partial charge < -0.3 is 4.74 Å². The van der Waals surface area contributed by atoms with Gasteiger partial charge >= 0.3 is 6.03 Å². The van der Waals surface area contributed by atoms with E-state index in [0.29, 0.717) is 12.8 Å². The van der Waals surface area contributed by atoms with E-state index in [-0.39, 0.29) is 18.6 Å². The van der Waals surface area contributed by atoms with Gasteiger partial charge in [-0.25, -0.2) is 4.79 Å². The molecule has 6 nitrogen and oxygen atoms in total. The smallest absolute Gasteiger partial charge is 0.330 e. The first kappa shape index (κ1) is 13.0. The van der Waals surface area contributed by atoms with Gasteiger partial charge in [0.1, 0.15) is 5.41 Å². The molecule has 1 atom stereocenters. The number of methoxy groups -OCH3 is 1. The molecule has 1 spiro atoms. The summed E-state index contributed by atoms with van der Waals surface area (Å²) in [5, 5.41) is 2.29. The lowest BCUT2D eigenvalue weighted by Gasteiger charge is -2.37. The second kappa shape index (κ2) is 4.68. The summed E-state index contributed by atoms with van der Waals surface area (Å²) in [5.41, 5.74) is -1.01. The Bertz CT molecular complexity index is 388. The second-order valence-corrected chi connectivity index (χ2v) is 5.01. The summed E-state index contributed by atoms with van der Waals surface area (Å²) in [5.74, 6) is -0.797. The van der Waals surface area contributed by atoms with Gasteiger partial charge in [0, 0.05) is 7.11 Å². The van der Waals surface area contributed by atoms with Crippen molar-refractivity contribution in [1.29, 1.82) is 0 Å². The fraction of sp³-hybridized carbons (Fsp3) is 0.750. The number of rotatable bonds is 3. The molecule has 2 rings (SSSR count). The Kier molecular flexibility index (Phi) is 3.38. The number of barbiturate groups is 1. The van der Waals surface area contributed by atoms with Crippen LogP contribution in [0.5, 0.6) is 0 Å². The van der Waals surface area contributed by atoms with Crippen LogP contribution in [0.15, 0.2) is 0 Å². The highest BCUT2D eigenvalue weighted by Crippen LogP contribution is 2.41. The molecule has 1 saturated heterocycles. The SMILES string of the molecule is COC(C)CN1C(=O)NC(=O)C2(CCCC2)C1=O. The van der Waals surface area contributed by atoms with E-state index < -0.39 is 17.4 Å². The standard InChI is InChI=1S/C12H18N2O4/c1-8(18-2)7-14-10(16)12(5-3-4-6-12)9(15)13-11(14)17/h8H,3-7H2,1-2H3,(H,13,15,17). The summed E-state index contributed by atoms with van der Waals surface area (Å²) in [4.78, 5) is 37.2. The van der Waals surface area contributed by atoms with Crippen molar-refractivity contribution in [1.82, 2.24) is 10.2 Å². The van der Waals surface area contributed by atoms with Crippen LogP contribution in [0, 0.1) is 5.41 Å². The molecule has 1 N–H and O–H groups in total. The van der Waals surface area contributed by atoms with Crippen LogP contribution < -0.4 is 5.32 Å². The first-order valence-corrected chi connectivity index (χ1v) is 6.21. The first-order valence-electron chi connectivity index (χ1n) is 6.21. The normalized spacial score (nSPS) is 24.6. The van der Waals surface area contributed by atoms with Gasteiger partial charge in [-0.3, -0.25) is 19.8 Å². The third-order valence-corrected chi connectivity index (χ3v) is 3.85. The van der Waals surface area contributed by atoms with Crippen LogP contribution in [-0.4, -0.2) is 42.5 Å². The lowest BCUT2D eigenvalue weighted by molar-refractivity contribution is -0.152. The lowest BCUT2D eigenvalue weighted by atomic mass is 9.82. The number of imide groups is 2. The number of carbonyl (C=O) groups is 3. The lowest BCUT2D eigenvalue weighted by Crippen LogP contribution is -2.64. The molecule has 1 aliphatic heterocycles. The molecule has 4 amide bonds. The largest absolute Gasteiger partial charge is 0.380 e. The molecule has 18 heavy (non-hydrogen) atoms. The molecule has 0 aromatic heterocycles. The number of carbonyl (C=O) groups excluding carboxylic acids is 3. The fourth-order valence-electron chi connectivity index (χ4n) is 2.65. The van der Waals surface area contributed by atoms with E-state index in [1.165, 1.54) is 7.11 Å². The van der Waals surface area contributed by atoms with E-state index in [0.717, 1.165) is 17.7 Å². The molecule has 1 aliphatic carbocycles. The van der Waals surface area contributed by atoms with Crippen LogP contribution in [0.25, 0.3) is 0 Å². The van der Waals surface area contributed by atoms with Gasteiger partial charge in [0.05, 0.1) is 12.6 Å². The third-order valence-electron chi connectivity index (χ3n) is 3.85. The molecule has 0 aromatic carbocycles. The average molecular weight is 254 g/mol. The van der Waals surface area contributed by atoms with Gasteiger partial charge in [-0.15, -0.1) is 0 Å². The van der Waals surface area contributed by atoms with E-state index in [4.69, 9.17) is 4.74 Å². The summed E-state index contributed by atoms with van der Waals surface area (Å²) in [6.07, 6.45) is 2.51. The minimum atomic E-state index is -1.01. The Labute approximate surface area is 106 Å². The summed E-state index contributed by atoms with van der Waals surface area (Å²) < 4.78 is 5.07. The number of urea groups is 1. The zero-order chi connectivity index (χ0) is 13.3. The Balaban J connectivity index is 2.23. The van der Waals surface area contributed by atoms with Crippen molar-refractivity contribution < 1.29 is 19.1 Å². The summed E-state index contributed by atoms with van der Waals surface area (Å²) in [6.45, 7) is 1.95. The number of nitrogens with one attached hydrogen (secondary N) is 1. The molecule has 0 radical (unpaired) electrons. The van der Waals surface area contributed by atoms with Crippen molar-refractivity contribution in [3.05, 3.63) is 0 Å². The van der Waals surface area contributed by atoms with Crippen molar-refractivity contribution in [3.63, 3.8) is 0 Å². The Morgan fingerprint density at radius 3 is 2.50 bits per heavy atom. The Morgan fingerprint density at radius 1 is 1.33 bits per heavy atom. The van der Waals surface area contributed by atoms with Crippen LogP contribution >= 0.6 is 0 Å². The van der Waals surface area contributed by atoms with Crippen LogP contribution in [0.1, 0.15) is 32.6 Å².